The minimum absolute atomic E-state index is 0.0604. The van der Waals surface area contributed by atoms with Gasteiger partial charge in [0.2, 0.25) is 5.91 Å². The molecule has 1 aromatic carbocycles. The molecule has 0 unspecified atom stereocenters. The lowest BCUT2D eigenvalue weighted by atomic mass is 10.1. The molecule has 0 saturated heterocycles. The molecule has 0 radical (unpaired) electrons. The molecule has 0 heterocycles. The number of carboxylic acid groups (broad SMARTS) is 1. The largest absolute Gasteiger partial charge is 0.481 e. The second-order valence-corrected chi connectivity index (χ2v) is 4.25. The van der Waals surface area contributed by atoms with Crippen LogP contribution in [0.1, 0.15) is 25.3 Å². The van der Waals surface area contributed by atoms with E-state index in [1.807, 2.05) is 0 Å². The van der Waals surface area contributed by atoms with E-state index in [0.717, 1.165) is 5.56 Å². The molecule has 0 spiro atoms. The van der Waals surface area contributed by atoms with Crippen LogP contribution in [0.5, 0.6) is 0 Å². The van der Waals surface area contributed by atoms with Crippen molar-refractivity contribution in [1.82, 2.24) is 4.90 Å². The Morgan fingerprint density at radius 2 is 1.84 bits per heavy atom. The minimum atomic E-state index is -0.921. The van der Waals surface area contributed by atoms with Crippen LogP contribution in [0.3, 0.4) is 0 Å². The number of benzene rings is 1. The lowest BCUT2D eigenvalue weighted by molar-refractivity contribution is -0.138. The van der Waals surface area contributed by atoms with Gasteiger partial charge < -0.3 is 10.0 Å². The van der Waals surface area contributed by atoms with E-state index in [1.165, 1.54) is 17.0 Å². The van der Waals surface area contributed by atoms with Gasteiger partial charge in [0.1, 0.15) is 5.82 Å². The van der Waals surface area contributed by atoms with Gasteiger partial charge in [0.05, 0.1) is 6.42 Å². The Morgan fingerprint density at radius 1 is 1.21 bits per heavy atom. The van der Waals surface area contributed by atoms with Crippen molar-refractivity contribution in [2.24, 2.45) is 0 Å². The van der Waals surface area contributed by atoms with Crippen molar-refractivity contribution in [3.63, 3.8) is 0 Å². The smallest absolute Gasteiger partial charge is 0.305 e. The summed E-state index contributed by atoms with van der Waals surface area (Å²) in [6.07, 6.45) is 0.879. The van der Waals surface area contributed by atoms with E-state index in [4.69, 9.17) is 5.11 Å². The standard InChI is InChI=1S/C14H18FNO3/c1-2-13(17)16(10-8-14(18)19)9-7-11-3-5-12(15)6-4-11/h3-6H,2,7-10H2,1H3,(H,18,19). The monoisotopic (exact) mass is 267 g/mol. The fraction of sp³-hybridized carbons (Fsp3) is 0.429. The Labute approximate surface area is 111 Å². The summed E-state index contributed by atoms with van der Waals surface area (Å²) in [5, 5.41) is 8.65. The summed E-state index contributed by atoms with van der Waals surface area (Å²) in [6.45, 7) is 2.41. The van der Waals surface area contributed by atoms with Gasteiger partial charge >= 0.3 is 5.97 Å². The van der Waals surface area contributed by atoms with Crippen LogP contribution >= 0.6 is 0 Å². The average molecular weight is 267 g/mol. The molecule has 1 amide bonds. The predicted octanol–water partition coefficient (Wildman–Crippen LogP) is 2.08. The topological polar surface area (TPSA) is 57.6 Å². The second kappa shape index (κ2) is 7.51. The highest BCUT2D eigenvalue weighted by Crippen LogP contribution is 2.06. The number of nitrogens with zero attached hydrogens (tertiary/aromatic N) is 1. The van der Waals surface area contributed by atoms with Crippen molar-refractivity contribution >= 4 is 11.9 Å². The van der Waals surface area contributed by atoms with Gasteiger partial charge in [0.15, 0.2) is 0 Å². The number of aliphatic carboxylic acids is 1. The molecule has 5 heteroatoms. The Hall–Kier alpha value is -1.91. The lowest BCUT2D eigenvalue weighted by Crippen LogP contribution is -2.34. The van der Waals surface area contributed by atoms with Gasteiger partial charge in [0, 0.05) is 19.5 Å². The third kappa shape index (κ3) is 5.50. The zero-order valence-corrected chi connectivity index (χ0v) is 10.9. The van der Waals surface area contributed by atoms with Crippen molar-refractivity contribution in [1.29, 1.82) is 0 Å². The maximum absolute atomic E-state index is 12.7. The highest BCUT2D eigenvalue weighted by Gasteiger charge is 2.12. The molecule has 1 N–H and O–H groups in total. The Morgan fingerprint density at radius 3 is 2.37 bits per heavy atom. The summed E-state index contributed by atoms with van der Waals surface area (Å²) in [7, 11) is 0. The number of amides is 1. The first-order valence-electron chi connectivity index (χ1n) is 6.27. The fourth-order valence-corrected chi connectivity index (χ4v) is 1.73. The number of rotatable bonds is 7. The number of hydrogen-bond donors (Lipinski definition) is 1. The fourth-order valence-electron chi connectivity index (χ4n) is 1.73. The van der Waals surface area contributed by atoms with E-state index >= 15 is 0 Å². The van der Waals surface area contributed by atoms with Crippen molar-refractivity contribution in [3.8, 4) is 0 Å². The molecule has 0 aromatic heterocycles. The molecule has 0 bridgehead atoms. The van der Waals surface area contributed by atoms with E-state index in [2.05, 4.69) is 0 Å². The van der Waals surface area contributed by atoms with E-state index in [9.17, 15) is 14.0 Å². The first-order valence-corrected chi connectivity index (χ1v) is 6.27. The third-order valence-corrected chi connectivity index (χ3v) is 2.83. The molecule has 0 saturated carbocycles. The summed E-state index contributed by atoms with van der Waals surface area (Å²) in [5.74, 6) is -1.28. The zero-order valence-electron chi connectivity index (χ0n) is 10.9. The quantitative estimate of drug-likeness (QED) is 0.823. The van der Waals surface area contributed by atoms with E-state index in [0.29, 0.717) is 19.4 Å². The molecular formula is C14H18FNO3. The SMILES string of the molecule is CCC(=O)N(CCC(=O)O)CCc1ccc(F)cc1. The van der Waals surface area contributed by atoms with Crippen LogP contribution < -0.4 is 0 Å². The van der Waals surface area contributed by atoms with Gasteiger partial charge in [-0.2, -0.15) is 0 Å². The highest BCUT2D eigenvalue weighted by atomic mass is 19.1. The number of hydrogen-bond acceptors (Lipinski definition) is 2. The second-order valence-electron chi connectivity index (χ2n) is 4.25. The van der Waals surface area contributed by atoms with E-state index in [-0.39, 0.29) is 24.7 Å². The van der Waals surface area contributed by atoms with E-state index in [1.54, 1.807) is 19.1 Å². The summed E-state index contributed by atoms with van der Waals surface area (Å²) in [5.41, 5.74) is 0.922. The van der Waals surface area contributed by atoms with Crippen molar-refractivity contribution in [2.45, 2.75) is 26.2 Å². The molecule has 1 aromatic rings. The van der Waals surface area contributed by atoms with Crippen LogP contribution in [-0.4, -0.2) is 35.0 Å². The molecule has 0 fully saturated rings. The Balaban J connectivity index is 2.54. The lowest BCUT2D eigenvalue weighted by Gasteiger charge is -2.21. The van der Waals surface area contributed by atoms with Crippen LogP contribution in [0.4, 0.5) is 4.39 Å². The van der Waals surface area contributed by atoms with Crippen LogP contribution in [0, 0.1) is 5.82 Å². The van der Waals surface area contributed by atoms with Crippen LogP contribution in [-0.2, 0) is 16.0 Å². The van der Waals surface area contributed by atoms with E-state index < -0.39 is 5.97 Å². The maximum Gasteiger partial charge on any atom is 0.305 e. The number of halogens is 1. The molecule has 0 atom stereocenters. The van der Waals surface area contributed by atoms with Gasteiger partial charge in [-0.25, -0.2) is 4.39 Å². The molecule has 0 aliphatic rings. The maximum atomic E-state index is 12.7. The number of carboxylic acids is 1. The predicted molar refractivity (Wildman–Crippen MR) is 69.2 cm³/mol. The molecule has 19 heavy (non-hydrogen) atoms. The number of carbonyl (C=O) groups is 2. The first-order chi connectivity index (χ1) is 9.02. The molecule has 0 aliphatic heterocycles. The van der Waals surface area contributed by atoms with Crippen molar-refractivity contribution < 1.29 is 19.1 Å². The number of carbonyl (C=O) groups excluding carboxylic acids is 1. The van der Waals surface area contributed by atoms with Crippen LogP contribution in [0.25, 0.3) is 0 Å². The average Bonchev–Trinajstić information content (AvgIpc) is 2.39. The van der Waals surface area contributed by atoms with Gasteiger partial charge in [0.25, 0.3) is 0 Å². The summed E-state index contributed by atoms with van der Waals surface area (Å²) >= 11 is 0. The van der Waals surface area contributed by atoms with Crippen LogP contribution in [0.2, 0.25) is 0 Å². The zero-order chi connectivity index (χ0) is 14.3. The third-order valence-electron chi connectivity index (χ3n) is 2.83. The first kappa shape index (κ1) is 15.1. The van der Waals surface area contributed by atoms with Crippen molar-refractivity contribution in [3.05, 3.63) is 35.6 Å². The van der Waals surface area contributed by atoms with Gasteiger partial charge in [-0.15, -0.1) is 0 Å². The summed E-state index contributed by atoms with van der Waals surface area (Å²) in [4.78, 5) is 23.8. The molecular weight excluding hydrogens is 249 g/mol. The molecule has 4 nitrogen and oxygen atoms in total. The van der Waals surface area contributed by atoms with Gasteiger partial charge in [-0.05, 0) is 24.1 Å². The van der Waals surface area contributed by atoms with Crippen molar-refractivity contribution in [2.75, 3.05) is 13.1 Å². The van der Waals surface area contributed by atoms with Gasteiger partial charge in [-0.3, -0.25) is 9.59 Å². The normalized spacial score (nSPS) is 10.2. The molecule has 0 aliphatic carbocycles. The van der Waals surface area contributed by atoms with Crippen LogP contribution in [0.15, 0.2) is 24.3 Å². The minimum Gasteiger partial charge on any atom is -0.481 e. The molecule has 104 valence electrons. The molecule has 1 rings (SSSR count). The summed E-state index contributed by atoms with van der Waals surface area (Å²) < 4.78 is 12.7. The Bertz CT molecular complexity index is 431. The summed E-state index contributed by atoms with van der Waals surface area (Å²) in [6, 6.07) is 6.08. The highest BCUT2D eigenvalue weighted by molar-refractivity contribution is 5.76. The van der Waals surface area contributed by atoms with Gasteiger partial charge in [-0.1, -0.05) is 19.1 Å². The Kier molecular flexibility index (Phi) is 5.99.